The molecule has 1 N–H and O–H groups in total. The molecule has 4 atom stereocenters. The summed E-state index contributed by atoms with van der Waals surface area (Å²) in [5, 5.41) is 3.08. The van der Waals surface area contributed by atoms with E-state index in [1.165, 1.54) is 43.2 Å². The number of carbonyl (C=O) groups is 2. The molecule has 33 heavy (non-hydrogen) atoms. The highest BCUT2D eigenvalue weighted by Gasteiger charge is 2.50. The summed E-state index contributed by atoms with van der Waals surface area (Å²) in [6.07, 6.45) is 4.30. The van der Waals surface area contributed by atoms with Gasteiger partial charge in [0.15, 0.2) is 41.5 Å². The van der Waals surface area contributed by atoms with Gasteiger partial charge in [-0.1, -0.05) is 5.92 Å². The number of benzene rings is 1. The van der Waals surface area contributed by atoms with Crippen LogP contribution in [0.15, 0.2) is 35.3 Å². The summed E-state index contributed by atoms with van der Waals surface area (Å²) >= 11 is 3.30. The molecule has 1 aromatic carbocycles. The van der Waals surface area contributed by atoms with E-state index in [2.05, 4.69) is 42.1 Å². The topological polar surface area (TPSA) is 117 Å². The van der Waals surface area contributed by atoms with E-state index in [1.807, 2.05) is 0 Å². The number of hydrogen-bond acceptors (Lipinski definition) is 9. The van der Waals surface area contributed by atoms with E-state index >= 15 is 0 Å². The first kappa shape index (κ1) is 22.6. The number of nitrogens with zero attached hydrogens (tertiary/aromatic N) is 4. The number of nitrogens with one attached hydrogen (secondary N) is 1. The molecule has 0 radical (unpaired) electrons. The minimum Gasteiger partial charge on any atom is -0.455 e. The number of hydrogen-bond donors (Lipinski definition) is 1. The van der Waals surface area contributed by atoms with Crippen LogP contribution in [0.25, 0.3) is 11.2 Å². The molecular formula is C21H17BrFN5O5. The van der Waals surface area contributed by atoms with E-state index in [-0.39, 0.29) is 0 Å². The highest BCUT2D eigenvalue weighted by atomic mass is 79.9. The second-order valence-electron chi connectivity index (χ2n) is 7.06. The fraction of sp³-hybridized carbons (Fsp3) is 0.286. The fourth-order valence-corrected chi connectivity index (χ4v) is 3.93. The monoisotopic (exact) mass is 517 g/mol. The second kappa shape index (κ2) is 9.13. The zero-order valence-electron chi connectivity index (χ0n) is 17.4. The van der Waals surface area contributed by atoms with Crippen LogP contribution in [0.2, 0.25) is 0 Å². The van der Waals surface area contributed by atoms with Crippen LogP contribution in [0.4, 0.5) is 15.9 Å². The van der Waals surface area contributed by atoms with Gasteiger partial charge in [0.25, 0.3) is 0 Å². The average Bonchev–Trinajstić information content (AvgIpc) is 3.31. The molecular weight excluding hydrogens is 501 g/mol. The van der Waals surface area contributed by atoms with Gasteiger partial charge < -0.3 is 19.5 Å². The average molecular weight is 518 g/mol. The number of terminal acetylenes is 1. The third kappa shape index (κ3) is 4.50. The first-order chi connectivity index (χ1) is 15.8. The lowest BCUT2D eigenvalue weighted by atomic mass is 10.1. The Morgan fingerprint density at radius 2 is 1.94 bits per heavy atom. The van der Waals surface area contributed by atoms with Crippen LogP contribution in [0, 0.1) is 18.2 Å². The van der Waals surface area contributed by atoms with Gasteiger partial charge >= 0.3 is 11.9 Å². The van der Waals surface area contributed by atoms with E-state index in [0.29, 0.717) is 27.1 Å². The zero-order valence-corrected chi connectivity index (χ0v) is 18.9. The normalized spacial score (nSPS) is 22.0. The van der Waals surface area contributed by atoms with Crippen molar-refractivity contribution in [3.05, 3.63) is 41.1 Å². The summed E-state index contributed by atoms with van der Waals surface area (Å²) in [4.78, 5) is 36.2. The number of aromatic nitrogens is 4. The van der Waals surface area contributed by atoms with Crippen molar-refractivity contribution < 1.29 is 28.2 Å². The lowest BCUT2D eigenvalue weighted by Crippen LogP contribution is -2.38. The molecule has 2 aromatic heterocycles. The minimum absolute atomic E-state index is 0.340. The van der Waals surface area contributed by atoms with Gasteiger partial charge in [-0.3, -0.25) is 14.2 Å². The third-order valence-electron chi connectivity index (χ3n) is 4.77. The summed E-state index contributed by atoms with van der Waals surface area (Å²) in [5.41, 5.74) is 1.27. The molecule has 1 aliphatic heterocycles. The number of esters is 2. The van der Waals surface area contributed by atoms with E-state index < -0.39 is 42.3 Å². The molecule has 4 rings (SSSR count). The van der Waals surface area contributed by atoms with E-state index in [9.17, 15) is 14.0 Å². The van der Waals surface area contributed by atoms with Crippen molar-refractivity contribution in [1.29, 1.82) is 0 Å². The first-order valence-corrected chi connectivity index (χ1v) is 10.4. The number of imidazole rings is 1. The first-order valence-electron chi connectivity index (χ1n) is 9.64. The maximum atomic E-state index is 13.4. The molecule has 1 saturated heterocycles. The number of carbonyl (C=O) groups excluding carboxylic acids is 2. The van der Waals surface area contributed by atoms with Crippen LogP contribution < -0.4 is 5.32 Å². The Morgan fingerprint density at radius 1 is 1.21 bits per heavy atom. The summed E-state index contributed by atoms with van der Waals surface area (Å²) in [7, 11) is 0. The Bertz CT molecular complexity index is 1280. The Hall–Kier alpha value is -3.56. The van der Waals surface area contributed by atoms with E-state index in [1.54, 1.807) is 6.07 Å². The van der Waals surface area contributed by atoms with Crippen LogP contribution in [-0.4, -0.2) is 49.8 Å². The van der Waals surface area contributed by atoms with E-state index in [0.717, 1.165) is 0 Å². The van der Waals surface area contributed by atoms with Gasteiger partial charge in [0.2, 0.25) is 0 Å². The van der Waals surface area contributed by atoms with Crippen molar-refractivity contribution >= 4 is 50.5 Å². The van der Waals surface area contributed by atoms with Gasteiger partial charge in [-0.25, -0.2) is 19.3 Å². The van der Waals surface area contributed by atoms with Crippen LogP contribution in [0.1, 0.15) is 20.1 Å². The minimum atomic E-state index is -1.04. The standard InChI is InChI=1S/C21H17BrFN5O5/c1-4-15-17(31-10(2)29)18(32-11(3)30)21(33-15)28-9-26-16-19(24-8-25-20(16)28)27-14-6-5-12(23)7-13(14)22/h1,5-9,15,17-18,21H,2-3H3,(H,24,25,27)/t15-,17+,18-,21-/m1/s1. The summed E-state index contributed by atoms with van der Waals surface area (Å²) in [6.45, 7) is 2.44. The number of anilines is 2. The van der Waals surface area contributed by atoms with Gasteiger partial charge in [0.1, 0.15) is 12.1 Å². The summed E-state index contributed by atoms with van der Waals surface area (Å²) in [6, 6.07) is 4.15. The van der Waals surface area contributed by atoms with Gasteiger partial charge in [-0.15, -0.1) is 6.42 Å². The molecule has 12 heteroatoms. The van der Waals surface area contributed by atoms with Crippen LogP contribution in [-0.2, 0) is 23.8 Å². The van der Waals surface area contributed by atoms with Crippen LogP contribution in [0.5, 0.6) is 0 Å². The Morgan fingerprint density at radius 3 is 2.61 bits per heavy atom. The molecule has 170 valence electrons. The highest BCUT2D eigenvalue weighted by molar-refractivity contribution is 9.10. The Balaban J connectivity index is 1.73. The van der Waals surface area contributed by atoms with Crippen LogP contribution in [0.3, 0.4) is 0 Å². The van der Waals surface area contributed by atoms with Gasteiger partial charge in [-0.05, 0) is 34.1 Å². The Labute approximate surface area is 195 Å². The van der Waals surface area contributed by atoms with Crippen LogP contribution >= 0.6 is 15.9 Å². The van der Waals surface area contributed by atoms with Crippen molar-refractivity contribution in [3.63, 3.8) is 0 Å². The van der Waals surface area contributed by atoms with Gasteiger partial charge in [0.05, 0.1) is 12.0 Å². The smallest absolute Gasteiger partial charge is 0.303 e. The maximum Gasteiger partial charge on any atom is 0.303 e. The SMILES string of the molecule is C#C[C@H]1O[C@@H](n2cnc3c(Nc4ccc(F)cc4Br)ncnc32)[C@H](OC(C)=O)[C@H]1OC(C)=O. The number of ether oxygens (including phenoxy) is 3. The second-order valence-corrected chi connectivity index (χ2v) is 7.91. The molecule has 3 heterocycles. The molecule has 3 aromatic rings. The van der Waals surface area contributed by atoms with Gasteiger partial charge in [0, 0.05) is 18.3 Å². The number of rotatable bonds is 5. The predicted octanol–water partition coefficient (Wildman–Crippen LogP) is 2.87. The van der Waals surface area contributed by atoms with E-state index in [4.69, 9.17) is 20.6 Å². The maximum absolute atomic E-state index is 13.4. The molecule has 1 fully saturated rings. The third-order valence-corrected chi connectivity index (χ3v) is 5.43. The lowest BCUT2D eigenvalue weighted by molar-refractivity contribution is -0.165. The number of fused-ring (bicyclic) bond motifs is 1. The highest BCUT2D eigenvalue weighted by Crippen LogP contribution is 2.36. The summed E-state index contributed by atoms with van der Waals surface area (Å²) < 4.78 is 32.0. The molecule has 0 bridgehead atoms. The Kier molecular flexibility index (Phi) is 6.26. The zero-order chi connectivity index (χ0) is 23.7. The molecule has 0 spiro atoms. The van der Waals surface area contributed by atoms with Gasteiger partial charge in [-0.2, -0.15) is 0 Å². The molecule has 0 saturated carbocycles. The molecule has 0 aliphatic carbocycles. The summed E-state index contributed by atoms with van der Waals surface area (Å²) in [5.74, 6) is 1.15. The fourth-order valence-electron chi connectivity index (χ4n) is 3.48. The predicted molar refractivity (Wildman–Crippen MR) is 117 cm³/mol. The van der Waals surface area contributed by atoms with Crippen molar-refractivity contribution in [1.82, 2.24) is 19.5 Å². The van der Waals surface area contributed by atoms with Crippen molar-refractivity contribution in [3.8, 4) is 12.3 Å². The number of halogens is 2. The molecule has 1 aliphatic rings. The molecule has 0 amide bonds. The molecule has 10 nitrogen and oxygen atoms in total. The van der Waals surface area contributed by atoms with Crippen molar-refractivity contribution in [2.24, 2.45) is 0 Å². The quantitative estimate of drug-likeness (QED) is 0.402. The van der Waals surface area contributed by atoms with Crippen molar-refractivity contribution in [2.45, 2.75) is 38.4 Å². The molecule has 0 unspecified atom stereocenters. The largest absolute Gasteiger partial charge is 0.455 e. The lowest BCUT2D eigenvalue weighted by Gasteiger charge is -2.23. The van der Waals surface area contributed by atoms with Crippen molar-refractivity contribution in [2.75, 3.05) is 5.32 Å².